The summed E-state index contributed by atoms with van der Waals surface area (Å²) in [6, 6.07) is 8.36. The van der Waals surface area contributed by atoms with Gasteiger partial charge in [-0.1, -0.05) is 38.1 Å². The van der Waals surface area contributed by atoms with Crippen LogP contribution >= 0.6 is 0 Å². The lowest BCUT2D eigenvalue weighted by Gasteiger charge is -2.50. The minimum atomic E-state index is -2.78. The predicted molar refractivity (Wildman–Crippen MR) is 122 cm³/mol. The quantitative estimate of drug-likeness (QED) is 0.473. The Bertz CT molecular complexity index is 1020. The number of esters is 3. The Hall–Kier alpha value is -2.49. The second-order valence-corrected chi connectivity index (χ2v) is 10.3. The summed E-state index contributed by atoms with van der Waals surface area (Å²) in [7, 11) is 3.28. The molecule has 1 aliphatic carbocycles. The van der Waals surface area contributed by atoms with Crippen molar-refractivity contribution in [3.8, 4) is 0 Å². The Kier molecular flexibility index (Phi) is 6.49. The molecule has 0 amide bonds. The van der Waals surface area contributed by atoms with Crippen molar-refractivity contribution < 1.29 is 43.2 Å². The van der Waals surface area contributed by atoms with Gasteiger partial charge in [-0.2, -0.15) is 0 Å². The highest BCUT2D eigenvalue weighted by Gasteiger charge is 2.78. The van der Waals surface area contributed by atoms with E-state index in [2.05, 4.69) is 26.0 Å². The summed E-state index contributed by atoms with van der Waals surface area (Å²) in [5.74, 6) is -4.15. The fraction of sp³-hybridized carbons (Fsp3) is 0.654. The third kappa shape index (κ3) is 3.75. The molecule has 6 unspecified atom stereocenters. The highest BCUT2D eigenvalue weighted by molar-refractivity contribution is 5.98. The van der Waals surface area contributed by atoms with E-state index in [1.54, 1.807) is 0 Å². The third-order valence-electron chi connectivity index (χ3n) is 8.07. The molecule has 6 atom stereocenters. The minimum Gasteiger partial charge on any atom is -0.467 e. The van der Waals surface area contributed by atoms with Crippen LogP contribution in [0.15, 0.2) is 24.3 Å². The molecule has 9 nitrogen and oxygen atoms in total. The Balaban J connectivity index is 1.72. The summed E-state index contributed by atoms with van der Waals surface area (Å²) in [5, 5.41) is 11.6. The van der Waals surface area contributed by atoms with Gasteiger partial charge in [-0.25, -0.2) is 14.4 Å². The van der Waals surface area contributed by atoms with Crippen molar-refractivity contribution in [1.82, 2.24) is 0 Å². The first-order valence-electron chi connectivity index (χ1n) is 11.9. The number of benzene rings is 1. The van der Waals surface area contributed by atoms with Gasteiger partial charge >= 0.3 is 17.9 Å². The monoisotopic (exact) mass is 490 g/mol. The predicted octanol–water partition coefficient (Wildman–Crippen LogP) is 2.20. The zero-order chi connectivity index (χ0) is 25.6. The SMILES string of the molecule is COC(=O)C1OC2(CCC3(C)CC(C)Cc4ccccc43)CCC(C(=O)OC)(O2)C1(O)C(=O)OC. The van der Waals surface area contributed by atoms with Gasteiger partial charge in [0.05, 0.1) is 21.3 Å². The van der Waals surface area contributed by atoms with Gasteiger partial charge in [0.1, 0.15) is 0 Å². The summed E-state index contributed by atoms with van der Waals surface area (Å²) < 4.78 is 26.8. The standard InChI is InChI=1S/C26H34O9/c1-16-14-17-8-6-7-9-18(17)23(2,15-16)10-11-24-12-13-25(35-24,21(28)32-4)26(30,22(29)33-5)19(34-24)20(27)31-3/h6-9,16,19,30H,10-15H2,1-5H3. The third-order valence-corrected chi connectivity index (χ3v) is 8.07. The van der Waals surface area contributed by atoms with E-state index in [0.717, 1.165) is 34.2 Å². The van der Waals surface area contributed by atoms with Gasteiger partial charge < -0.3 is 28.8 Å². The van der Waals surface area contributed by atoms with Crippen LogP contribution in [0.4, 0.5) is 0 Å². The fourth-order valence-corrected chi connectivity index (χ4v) is 6.42. The smallest absolute Gasteiger partial charge is 0.345 e. The second-order valence-electron chi connectivity index (χ2n) is 10.3. The van der Waals surface area contributed by atoms with Crippen LogP contribution in [0.5, 0.6) is 0 Å². The van der Waals surface area contributed by atoms with Crippen molar-refractivity contribution in [2.24, 2.45) is 5.92 Å². The molecule has 1 aromatic rings. The van der Waals surface area contributed by atoms with Gasteiger partial charge in [0.15, 0.2) is 5.79 Å². The number of carbonyl (C=O) groups is 3. The highest BCUT2D eigenvalue weighted by Crippen LogP contribution is 2.56. The molecule has 0 spiro atoms. The molecule has 2 heterocycles. The van der Waals surface area contributed by atoms with Gasteiger partial charge in [-0.3, -0.25) is 0 Å². The van der Waals surface area contributed by atoms with Crippen molar-refractivity contribution in [3.63, 3.8) is 0 Å². The van der Waals surface area contributed by atoms with E-state index in [4.69, 9.17) is 23.7 Å². The molecule has 2 aliphatic heterocycles. The zero-order valence-corrected chi connectivity index (χ0v) is 20.9. The molecule has 2 saturated heterocycles. The van der Waals surface area contributed by atoms with Gasteiger partial charge in [-0.15, -0.1) is 0 Å². The molecule has 0 radical (unpaired) electrons. The lowest BCUT2D eigenvalue weighted by Crippen LogP contribution is -2.76. The molecule has 192 valence electrons. The van der Waals surface area contributed by atoms with Crippen molar-refractivity contribution >= 4 is 17.9 Å². The summed E-state index contributed by atoms with van der Waals surface area (Å²) in [6.45, 7) is 4.42. The minimum absolute atomic E-state index is 0.0948. The van der Waals surface area contributed by atoms with Crippen molar-refractivity contribution in [2.75, 3.05) is 21.3 Å². The number of methoxy groups -OCH3 is 3. The average molecular weight is 491 g/mol. The molecule has 3 aliphatic rings. The van der Waals surface area contributed by atoms with E-state index in [1.165, 1.54) is 11.1 Å². The Labute approximate surface area is 205 Å². The van der Waals surface area contributed by atoms with Gasteiger partial charge in [0.25, 0.3) is 0 Å². The highest BCUT2D eigenvalue weighted by atomic mass is 16.8. The van der Waals surface area contributed by atoms with Crippen LogP contribution in [0.3, 0.4) is 0 Å². The van der Waals surface area contributed by atoms with Crippen LogP contribution in [-0.2, 0) is 49.9 Å². The Morgan fingerprint density at radius 1 is 1.03 bits per heavy atom. The Morgan fingerprint density at radius 2 is 1.71 bits per heavy atom. The average Bonchev–Trinajstić information content (AvgIpc) is 3.21. The lowest BCUT2D eigenvalue weighted by molar-refractivity contribution is -0.364. The molecule has 2 fully saturated rings. The lowest BCUT2D eigenvalue weighted by atomic mass is 9.65. The molecular weight excluding hydrogens is 456 g/mol. The van der Waals surface area contributed by atoms with Gasteiger partial charge in [-0.05, 0) is 48.1 Å². The van der Waals surface area contributed by atoms with Crippen LogP contribution in [0.25, 0.3) is 0 Å². The first-order chi connectivity index (χ1) is 16.5. The summed E-state index contributed by atoms with van der Waals surface area (Å²) in [4.78, 5) is 38.6. The van der Waals surface area contributed by atoms with E-state index in [9.17, 15) is 19.5 Å². The molecule has 9 heteroatoms. The Morgan fingerprint density at radius 3 is 2.37 bits per heavy atom. The molecule has 0 aromatic heterocycles. The van der Waals surface area contributed by atoms with E-state index in [0.29, 0.717) is 18.8 Å². The largest absolute Gasteiger partial charge is 0.467 e. The van der Waals surface area contributed by atoms with E-state index in [-0.39, 0.29) is 18.3 Å². The number of carbonyl (C=O) groups excluding carboxylic acids is 3. The van der Waals surface area contributed by atoms with E-state index in [1.807, 2.05) is 12.1 Å². The molecule has 0 saturated carbocycles. The topological polar surface area (TPSA) is 118 Å². The fourth-order valence-electron chi connectivity index (χ4n) is 6.42. The van der Waals surface area contributed by atoms with Crippen LogP contribution in [0, 0.1) is 5.92 Å². The van der Waals surface area contributed by atoms with Crippen molar-refractivity contribution in [2.45, 2.75) is 80.9 Å². The van der Waals surface area contributed by atoms with Crippen molar-refractivity contribution in [1.29, 1.82) is 0 Å². The summed E-state index contributed by atoms with van der Waals surface area (Å²) in [5.41, 5.74) is -2.58. The molecule has 4 rings (SSSR count). The van der Waals surface area contributed by atoms with Crippen LogP contribution in [0.2, 0.25) is 0 Å². The number of ether oxygens (including phenoxy) is 5. The number of hydrogen-bond donors (Lipinski definition) is 1. The van der Waals surface area contributed by atoms with Crippen LogP contribution < -0.4 is 0 Å². The van der Waals surface area contributed by atoms with E-state index < -0.39 is 41.0 Å². The molecule has 1 aromatic carbocycles. The number of rotatable bonds is 6. The second kappa shape index (κ2) is 8.87. The van der Waals surface area contributed by atoms with Gasteiger partial charge in [0.2, 0.25) is 17.3 Å². The maximum absolute atomic E-state index is 13.0. The number of fused-ring (bicyclic) bond motifs is 3. The molecule has 35 heavy (non-hydrogen) atoms. The normalized spacial score (nSPS) is 37.8. The van der Waals surface area contributed by atoms with E-state index >= 15 is 0 Å². The summed E-state index contributed by atoms with van der Waals surface area (Å²) in [6.07, 6.45) is 1.16. The number of aliphatic hydroxyl groups is 1. The molecular formula is C26H34O9. The number of hydrogen-bond acceptors (Lipinski definition) is 9. The first-order valence-corrected chi connectivity index (χ1v) is 11.9. The maximum Gasteiger partial charge on any atom is 0.345 e. The first kappa shape index (κ1) is 25.6. The van der Waals surface area contributed by atoms with Gasteiger partial charge in [0, 0.05) is 12.8 Å². The zero-order valence-electron chi connectivity index (χ0n) is 20.9. The maximum atomic E-state index is 13.0. The van der Waals surface area contributed by atoms with Crippen molar-refractivity contribution in [3.05, 3.63) is 35.4 Å². The van der Waals surface area contributed by atoms with Crippen LogP contribution in [-0.4, -0.2) is 67.4 Å². The van der Waals surface area contributed by atoms with Crippen LogP contribution in [0.1, 0.15) is 57.1 Å². The summed E-state index contributed by atoms with van der Waals surface area (Å²) >= 11 is 0. The molecule has 2 bridgehead atoms. The molecule has 1 N–H and O–H groups in total.